The molecule has 9 nitrogen and oxygen atoms in total. The summed E-state index contributed by atoms with van der Waals surface area (Å²) in [4.78, 5) is 16.5. The van der Waals surface area contributed by atoms with E-state index in [-0.39, 0.29) is 23.9 Å². The van der Waals surface area contributed by atoms with Crippen molar-refractivity contribution in [2.75, 3.05) is 20.2 Å². The van der Waals surface area contributed by atoms with Crippen LogP contribution in [-0.4, -0.2) is 49.0 Å². The van der Waals surface area contributed by atoms with Crippen LogP contribution in [0.25, 0.3) is 11.4 Å². The third-order valence-corrected chi connectivity index (χ3v) is 5.96. The van der Waals surface area contributed by atoms with Crippen molar-refractivity contribution < 1.29 is 22.5 Å². The van der Waals surface area contributed by atoms with Gasteiger partial charge in [-0.05, 0) is 43.3 Å². The molecule has 0 aliphatic rings. The predicted molar refractivity (Wildman–Crippen MR) is 109 cm³/mol. The number of carbonyl (C=O) groups excluding carboxylic acids is 1. The third kappa shape index (κ3) is 5.22. The number of sulfonamides is 1. The second kappa shape index (κ2) is 9.51. The van der Waals surface area contributed by atoms with E-state index in [2.05, 4.69) is 15.5 Å². The Kier molecular flexibility index (Phi) is 6.80. The van der Waals surface area contributed by atoms with Gasteiger partial charge in [0, 0.05) is 12.6 Å². The van der Waals surface area contributed by atoms with Gasteiger partial charge in [0.1, 0.15) is 5.75 Å². The number of benzene rings is 2. The lowest BCUT2D eigenvalue weighted by Gasteiger charge is -2.16. The number of rotatable bonds is 9. The number of hydrogen-bond donors (Lipinski definition) is 1. The maximum absolute atomic E-state index is 12.5. The molecule has 0 saturated carbocycles. The number of aromatic nitrogens is 2. The lowest BCUT2D eigenvalue weighted by atomic mass is 10.2. The molecule has 0 radical (unpaired) electrons. The van der Waals surface area contributed by atoms with E-state index in [0.717, 1.165) is 15.6 Å². The summed E-state index contributed by atoms with van der Waals surface area (Å²) in [6.07, 6.45) is 0. The number of nitrogens with one attached hydrogen (secondary N) is 1. The first-order valence-electron chi connectivity index (χ1n) is 9.24. The molecule has 10 heteroatoms. The molecule has 0 spiro atoms. The highest BCUT2D eigenvalue weighted by molar-refractivity contribution is 7.89. The van der Waals surface area contributed by atoms with E-state index in [0.29, 0.717) is 12.4 Å². The molecule has 1 aromatic heterocycles. The summed E-state index contributed by atoms with van der Waals surface area (Å²) in [5, 5.41) is 6.48. The molecule has 0 atom stereocenters. The van der Waals surface area contributed by atoms with Gasteiger partial charge in [-0.25, -0.2) is 8.42 Å². The molecular formula is C20H22N4O5S. The molecule has 0 fully saturated rings. The third-order valence-electron chi connectivity index (χ3n) is 4.15. The zero-order valence-corrected chi connectivity index (χ0v) is 17.4. The first-order chi connectivity index (χ1) is 14.4. The molecule has 1 N–H and O–H groups in total. The molecule has 1 heterocycles. The molecule has 0 aliphatic carbocycles. The molecule has 30 heavy (non-hydrogen) atoms. The van der Waals surface area contributed by atoms with Gasteiger partial charge in [0.2, 0.25) is 27.6 Å². The lowest BCUT2D eigenvalue weighted by molar-refractivity contribution is -0.121. The Balaban J connectivity index is 1.55. The van der Waals surface area contributed by atoms with Crippen molar-refractivity contribution in [2.45, 2.75) is 18.4 Å². The monoisotopic (exact) mass is 430 g/mol. The minimum Gasteiger partial charge on any atom is -0.494 e. The Hall–Kier alpha value is -3.24. The topological polar surface area (TPSA) is 115 Å². The number of amides is 1. The number of likely N-dealkylation sites (N-methyl/N-ethyl adjacent to an activating group) is 1. The van der Waals surface area contributed by atoms with Crippen molar-refractivity contribution in [2.24, 2.45) is 0 Å². The SMILES string of the molecule is CCOc1ccc(-c2noc(CNC(=O)CN(C)S(=O)(=O)c3ccccc3)n2)cc1. The van der Waals surface area contributed by atoms with Crippen LogP contribution in [0.2, 0.25) is 0 Å². The Labute approximate surface area is 174 Å². The standard InChI is InChI=1S/C20H22N4O5S/c1-3-28-16-11-9-15(10-12-16)20-22-19(29-23-20)13-21-18(25)14-24(2)30(26,27)17-7-5-4-6-8-17/h4-12H,3,13-14H2,1-2H3,(H,21,25). The fourth-order valence-corrected chi connectivity index (χ4v) is 3.75. The van der Waals surface area contributed by atoms with E-state index in [1.807, 2.05) is 19.1 Å². The molecule has 0 aliphatic heterocycles. The Morgan fingerprint density at radius 2 is 1.83 bits per heavy atom. The zero-order chi connectivity index (χ0) is 21.6. The molecular weight excluding hydrogens is 408 g/mol. The minimum atomic E-state index is -3.75. The van der Waals surface area contributed by atoms with Crippen molar-refractivity contribution in [3.05, 3.63) is 60.5 Å². The van der Waals surface area contributed by atoms with Gasteiger partial charge in [-0.1, -0.05) is 23.4 Å². The second-order valence-corrected chi connectivity index (χ2v) is 8.36. The van der Waals surface area contributed by atoms with Gasteiger partial charge in [-0.2, -0.15) is 9.29 Å². The Bertz CT molecular complexity index is 1080. The van der Waals surface area contributed by atoms with Crippen LogP contribution in [0.4, 0.5) is 0 Å². The van der Waals surface area contributed by atoms with Crippen LogP contribution in [0, 0.1) is 0 Å². The second-order valence-electron chi connectivity index (χ2n) is 6.32. The van der Waals surface area contributed by atoms with Gasteiger partial charge in [0.05, 0.1) is 24.6 Å². The molecule has 0 unspecified atom stereocenters. The minimum absolute atomic E-state index is 0.0118. The van der Waals surface area contributed by atoms with Gasteiger partial charge in [0.25, 0.3) is 0 Å². The quantitative estimate of drug-likeness (QED) is 0.553. The normalized spacial score (nSPS) is 11.4. The van der Waals surface area contributed by atoms with Gasteiger partial charge in [-0.3, -0.25) is 4.79 Å². The highest BCUT2D eigenvalue weighted by Crippen LogP contribution is 2.20. The van der Waals surface area contributed by atoms with Gasteiger partial charge >= 0.3 is 0 Å². The largest absolute Gasteiger partial charge is 0.494 e. The van der Waals surface area contributed by atoms with Crippen molar-refractivity contribution in [3.8, 4) is 17.1 Å². The van der Waals surface area contributed by atoms with E-state index in [1.165, 1.54) is 19.2 Å². The molecule has 158 valence electrons. The summed E-state index contributed by atoms with van der Waals surface area (Å²) >= 11 is 0. The van der Waals surface area contributed by atoms with Gasteiger partial charge < -0.3 is 14.6 Å². The zero-order valence-electron chi connectivity index (χ0n) is 16.6. The summed E-state index contributed by atoms with van der Waals surface area (Å²) in [6.45, 7) is 2.13. The van der Waals surface area contributed by atoms with E-state index < -0.39 is 15.9 Å². The van der Waals surface area contributed by atoms with Crippen molar-refractivity contribution >= 4 is 15.9 Å². The van der Waals surface area contributed by atoms with Crippen LogP contribution in [-0.2, 0) is 21.4 Å². The lowest BCUT2D eigenvalue weighted by Crippen LogP contribution is -2.38. The summed E-state index contributed by atoms with van der Waals surface area (Å²) in [6, 6.07) is 15.1. The average Bonchev–Trinajstić information content (AvgIpc) is 3.23. The highest BCUT2D eigenvalue weighted by atomic mass is 32.2. The Morgan fingerprint density at radius 3 is 2.50 bits per heavy atom. The number of ether oxygens (including phenoxy) is 1. The molecule has 2 aromatic carbocycles. The van der Waals surface area contributed by atoms with Gasteiger partial charge in [0.15, 0.2) is 0 Å². The molecule has 3 rings (SSSR count). The molecule has 0 bridgehead atoms. The van der Waals surface area contributed by atoms with Crippen LogP contribution in [0.1, 0.15) is 12.8 Å². The number of nitrogens with zero attached hydrogens (tertiary/aromatic N) is 3. The van der Waals surface area contributed by atoms with E-state index >= 15 is 0 Å². The smallest absolute Gasteiger partial charge is 0.246 e. The van der Waals surface area contributed by atoms with Crippen LogP contribution < -0.4 is 10.1 Å². The van der Waals surface area contributed by atoms with Gasteiger partial charge in [-0.15, -0.1) is 0 Å². The predicted octanol–water partition coefficient (Wildman–Crippen LogP) is 2.07. The van der Waals surface area contributed by atoms with Crippen molar-refractivity contribution in [1.29, 1.82) is 0 Å². The molecule has 0 saturated heterocycles. The molecule has 3 aromatic rings. The van der Waals surface area contributed by atoms with Crippen LogP contribution in [0.15, 0.2) is 64.0 Å². The fraction of sp³-hybridized carbons (Fsp3) is 0.250. The first kappa shape index (κ1) is 21.5. The van der Waals surface area contributed by atoms with Crippen molar-refractivity contribution in [1.82, 2.24) is 19.8 Å². The molecule has 1 amide bonds. The Morgan fingerprint density at radius 1 is 1.13 bits per heavy atom. The van der Waals surface area contributed by atoms with Crippen LogP contribution in [0.3, 0.4) is 0 Å². The van der Waals surface area contributed by atoms with Crippen molar-refractivity contribution in [3.63, 3.8) is 0 Å². The maximum Gasteiger partial charge on any atom is 0.246 e. The summed E-state index contributed by atoms with van der Waals surface area (Å²) in [5.41, 5.74) is 0.744. The number of carbonyl (C=O) groups is 1. The van der Waals surface area contributed by atoms with E-state index in [9.17, 15) is 13.2 Å². The maximum atomic E-state index is 12.5. The van der Waals surface area contributed by atoms with Crippen LogP contribution >= 0.6 is 0 Å². The number of hydrogen-bond acceptors (Lipinski definition) is 7. The van der Waals surface area contributed by atoms with E-state index in [1.54, 1.807) is 30.3 Å². The summed E-state index contributed by atoms with van der Waals surface area (Å²) in [7, 11) is -2.40. The highest BCUT2D eigenvalue weighted by Gasteiger charge is 2.22. The summed E-state index contributed by atoms with van der Waals surface area (Å²) in [5.74, 6) is 0.844. The first-order valence-corrected chi connectivity index (χ1v) is 10.7. The fourth-order valence-electron chi connectivity index (χ4n) is 2.60. The average molecular weight is 430 g/mol. The van der Waals surface area contributed by atoms with E-state index in [4.69, 9.17) is 9.26 Å². The van der Waals surface area contributed by atoms with Crippen LogP contribution in [0.5, 0.6) is 5.75 Å². The summed E-state index contributed by atoms with van der Waals surface area (Å²) < 4.78 is 36.5.